The monoisotopic (exact) mass is 408 g/mol. The number of anilines is 2. The van der Waals surface area contributed by atoms with Gasteiger partial charge in [-0.25, -0.2) is 4.98 Å². The van der Waals surface area contributed by atoms with Crippen molar-refractivity contribution in [1.82, 2.24) is 9.55 Å². The molecule has 0 bridgehead atoms. The van der Waals surface area contributed by atoms with Crippen molar-refractivity contribution in [1.29, 1.82) is 0 Å². The molecule has 0 aliphatic carbocycles. The van der Waals surface area contributed by atoms with Gasteiger partial charge in [-0.3, -0.25) is 9.59 Å². The average molecular weight is 408 g/mol. The number of hydrogen-bond acceptors (Lipinski definition) is 5. The molecule has 1 aliphatic heterocycles. The predicted molar refractivity (Wildman–Crippen MR) is 114 cm³/mol. The van der Waals surface area contributed by atoms with Crippen molar-refractivity contribution < 1.29 is 19.8 Å². The number of nitrogens with one attached hydrogen (secondary N) is 1. The second-order valence-electron chi connectivity index (χ2n) is 7.44. The number of fused-ring (bicyclic) bond motifs is 2. The fraction of sp³-hybridized carbons (Fsp3) is 0.318. The van der Waals surface area contributed by atoms with E-state index >= 15 is 0 Å². The van der Waals surface area contributed by atoms with E-state index < -0.39 is 11.9 Å². The summed E-state index contributed by atoms with van der Waals surface area (Å²) in [5.74, 6) is -0.985. The summed E-state index contributed by atoms with van der Waals surface area (Å²) < 4.78 is 1.76. The van der Waals surface area contributed by atoms with Gasteiger partial charge in [-0.15, -0.1) is 0 Å². The quantitative estimate of drug-likeness (QED) is 0.467. The molecule has 0 radical (unpaired) electrons. The lowest BCUT2D eigenvalue weighted by Gasteiger charge is -2.25. The van der Waals surface area contributed by atoms with Crippen LogP contribution in [0, 0.1) is 0 Å². The van der Waals surface area contributed by atoms with Crippen LogP contribution in [0.4, 0.5) is 11.4 Å². The predicted octanol–water partition coefficient (Wildman–Crippen LogP) is 3.18. The minimum absolute atomic E-state index is 0.0525. The largest absolute Gasteiger partial charge is 0.480 e. The van der Waals surface area contributed by atoms with E-state index in [1.165, 1.54) is 0 Å². The minimum Gasteiger partial charge on any atom is -0.480 e. The van der Waals surface area contributed by atoms with Crippen LogP contribution in [0.3, 0.4) is 0 Å². The molecule has 0 amide bonds. The lowest BCUT2D eigenvalue weighted by atomic mass is 10.1. The summed E-state index contributed by atoms with van der Waals surface area (Å²) in [5, 5.41) is 22.0. The first kappa shape index (κ1) is 19.8. The molecule has 2 heterocycles. The molecule has 1 aliphatic rings. The zero-order valence-corrected chi connectivity index (χ0v) is 16.5. The molecule has 0 saturated carbocycles. The highest BCUT2D eigenvalue weighted by molar-refractivity contribution is 5.82. The highest BCUT2D eigenvalue weighted by atomic mass is 16.4. The van der Waals surface area contributed by atoms with Crippen LogP contribution in [0.5, 0.6) is 0 Å². The molecule has 8 heteroatoms. The molecule has 1 atom stereocenters. The van der Waals surface area contributed by atoms with E-state index in [1.807, 2.05) is 53.4 Å². The van der Waals surface area contributed by atoms with E-state index in [2.05, 4.69) is 10.3 Å². The summed E-state index contributed by atoms with van der Waals surface area (Å²) in [4.78, 5) is 29.1. The number of imidazole rings is 1. The maximum Gasteiger partial charge on any atom is 0.323 e. The summed E-state index contributed by atoms with van der Waals surface area (Å²) >= 11 is 0. The summed E-state index contributed by atoms with van der Waals surface area (Å²) in [6, 6.07) is 15.3. The molecule has 30 heavy (non-hydrogen) atoms. The van der Waals surface area contributed by atoms with Crippen LogP contribution >= 0.6 is 0 Å². The Morgan fingerprint density at radius 1 is 0.967 bits per heavy atom. The van der Waals surface area contributed by atoms with Crippen molar-refractivity contribution in [2.75, 3.05) is 16.8 Å². The van der Waals surface area contributed by atoms with Crippen molar-refractivity contribution >= 4 is 34.3 Å². The molecule has 2 aromatic carbocycles. The zero-order valence-electron chi connectivity index (χ0n) is 16.5. The van der Waals surface area contributed by atoms with Crippen molar-refractivity contribution in [2.45, 2.75) is 38.4 Å². The van der Waals surface area contributed by atoms with Crippen LogP contribution in [-0.2, 0) is 22.6 Å². The molecule has 1 unspecified atom stereocenters. The van der Waals surface area contributed by atoms with E-state index in [1.54, 1.807) is 4.57 Å². The molecule has 0 fully saturated rings. The second-order valence-corrected chi connectivity index (χ2v) is 7.44. The normalized spacial score (nSPS) is 15.2. The second kappa shape index (κ2) is 8.44. The molecule has 0 spiro atoms. The molecule has 1 aromatic heterocycles. The number of carboxylic acids is 2. The van der Waals surface area contributed by atoms with Gasteiger partial charge in [0.1, 0.15) is 18.9 Å². The van der Waals surface area contributed by atoms with Gasteiger partial charge in [-0.2, -0.15) is 0 Å². The molecule has 4 rings (SSSR count). The number of carbonyl (C=O) groups is 2. The van der Waals surface area contributed by atoms with Gasteiger partial charge in [0.25, 0.3) is 0 Å². The number of para-hydroxylation sites is 4. The molecule has 3 aromatic rings. The smallest absolute Gasteiger partial charge is 0.323 e. The molecular weight excluding hydrogens is 384 g/mol. The molecule has 3 N–H and O–H groups in total. The number of aromatic nitrogens is 2. The average Bonchev–Trinajstić information content (AvgIpc) is 3.23. The molecular formula is C22H24N4O4. The van der Waals surface area contributed by atoms with Gasteiger partial charge in [-0.1, -0.05) is 24.3 Å². The Hall–Kier alpha value is -3.55. The van der Waals surface area contributed by atoms with Crippen molar-refractivity contribution in [2.24, 2.45) is 0 Å². The highest BCUT2D eigenvalue weighted by Gasteiger charge is 2.29. The van der Waals surface area contributed by atoms with Crippen molar-refractivity contribution in [3.8, 4) is 0 Å². The molecule has 156 valence electrons. The van der Waals surface area contributed by atoms with Gasteiger partial charge < -0.3 is 25.0 Å². The Labute approximate surface area is 173 Å². The Morgan fingerprint density at radius 2 is 1.70 bits per heavy atom. The maximum absolute atomic E-state index is 11.3. The first-order valence-electron chi connectivity index (χ1n) is 10.0. The summed E-state index contributed by atoms with van der Waals surface area (Å²) in [7, 11) is 0. The Bertz CT molecular complexity index is 1080. The summed E-state index contributed by atoms with van der Waals surface area (Å²) in [6.45, 7) is -0.162. The number of nitrogens with zero attached hydrogens (tertiary/aromatic N) is 3. The zero-order chi connectivity index (χ0) is 21.1. The van der Waals surface area contributed by atoms with E-state index in [-0.39, 0.29) is 19.3 Å². The van der Waals surface area contributed by atoms with E-state index in [0.29, 0.717) is 6.42 Å². The number of unbranched alkanes of at least 4 members (excludes halogenated alkanes) is 1. The maximum atomic E-state index is 11.3. The number of hydrogen-bond donors (Lipinski definition) is 3. The Kier molecular flexibility index (Phi) is 5.56. The van der Waals surface area contributed by atoms with Gasteiger partial charge in [-0.05, 0) is 43.5 Å². The van der Waals surface area contributed by atoms with Crippen LogP contribution in [0.15, 0.2) is 48.5 Å². The van der Waals surface area contributed by atoms with Crippen molar-refractivity contribution in [3.05, 3.63) is 54.4 Å². The van der Waals surface area contributed by atoms with Crippen LogP contribution in [-0.4, -0.2) is 44.4 Å². The Morgan fingerprint density at radius 3 is 2.50 bits per heavy atom. The third-order valence-electron chi connectivity index (χ3n) is 5.37. The van der Waals surface area contributed by atoms with Crippen LogP contribution in [0.2, 0.25) is 0 Å². The standard InChI is InChI=1S/C22H24N4O4/c27-21(28)13-25-17-9-3-1-7-15(17)23-19(25)11-5-6-12-20-24-16-8-2-4-10-18(16)26(20)14-22(29)30/h1-4,7-10,19,23H,5-6,11-14H2,(H,27,28)(H,29,30). The number of rotatable bonds is 9. The third kappa shape index (κ3) is 4.07. The van der Waals surface area contributed by atoms with E-state index in [9.17, 15) is 19.8 Å². The number of aryl methyl sites for hydroxylation is 1. The van der Waals surface area contributed by atoms with Gasteiger partial charge >= 0.3 is 11.9 Å². The molecule has 8 nitrogen and oxygen atoms in total. The number of benzene rings is 2. The van der Waals surface area contributed by atoms with Crippen LogP contribution in [0.25, 0.3) is 11.0 Å². The highest BCUT2D eigenvalue weighted by Crippen LogP contribution is 2.35. The SMILES string of the molecule is O=C(O)CN1c2ccccc2NC1CCCCc1nc2ccccc2n1CC(=O)O. The van der Waals surface area contributed by atoms with Crippen LogP contribution < -0.4 is 10.2 Å². The van der Waals surface area contributed by atoms with Gasteiger partial charge in [0.2, 0.25) is 0 Å². The first-order valence-corrected chi connectivity index (χ1v) is 10.0. The first-order chi connectivity index (χ1) is 14.5. The Balaban J connectivity index is 1.40. The fourth-order valence-corrected chi connectivity index (χ4v) is 4.09. The lowest BCUT2D eigenvalue weighted by molar-refractivity contribution is -0.138. The third-order valence-corrected chi connectivity index (χ3v) is 5.37. The van der Waals surface area contributed by atoms with Crippen molar-refractivity contribution in [3.63, 3.8) is 0 Å². The minimum atomic E-state index is -0.892. The van der Waals surface area contributed by atoms with Gasteiger partial charge in [0, 0.05) is 6.42 Å². The van der Waals surface area contributed by atoms with Gasteiger partial charge in [0.15, 0.2) is 0 Å². The number of carboxylic acid groups (broad SMARTS) is 2. The summed E-state index contributed by atoms with van der Waals surface area (Å²) in [6.07, 6.45) is 3.06. The topological polar surface area (TPSA) is 108 Å². The lowest BCUT2D eigenvalue weighted by Crippen LogP contribution is -2.39. The van der Waals surface area contributed by atoms with E-state index in [0.717, 1.165) is 47.5 Å². The van der Waals surface area contributed by atoms with Crippen LogP contribution in [0.1, 0.15) is 25.1 Å². The van der Waals surface area contributed by atoms with Gasteiger partial charge in [0.05, 0.1) is 28.6 Å². The number of aliphatic carboxylic acids is 2. The molecule has 0 saturated heterocycles. The fourth-order valence-electron chi connectivity index (χ4n) is 4.09. The van der Waals surface area contributed by atoms with E-state index in [4.69, 9.17) is 0 Å². The summed E-state index contributed by atoms with van der Waals surface area (Å²) in [5.41, 5.74) is 3.49.